The Balaban J connectivity index is 1.39. The van der Waals surface area contributed by atoms with Crippen LogP contribution in [-0.2, 0) is 0 Å². The van der Waals surface area contributed by atoms with E-state index in [0.29, 0.717) is 5.92 Å². The Morgan fingerprint density at radius 2 is 1.10 bits per heavy atom. The van der Waals surface area contributed by atoms with Gasteiger partial charge in [-0.05, 0) is 93.8 Å². The van der Waals surface area contributed by atoms with Crippen molar-refractivity contribution in [1.29, 1.82) is 5.26 Å². The van der Waals surface area contributed by atoms with E-state index in [4.69, 9.17) is 0 Å². The van der Waals surface area contributed by atoms with E-state index in [2.05, 4.69) is 19.9 Å². The van der Waals surface area contributed by atoms with Crippen molar-refractivity contribution in [2.75, 3.05) is 0 Å². The maximum atomic E-state index is 10.2. The average molecular weight is 414 g/mol. The highest BCUT2D eigenvalue weighted by Gasteiger charge is 2.44. The van der Waals surface area contributed by atoms with Crippen LogP contribution in [-0.4, -0.2) is 0 Å². The van der Waals surface area contributed by atoms with Crippen LogP contribution in [0, 0.1) is 46.3 Å². The van der Waals surface area contributed by atoms with E-state index in [0.717, 1.165) is 23.7 Å². The normalized spacial score (nSPS) is 37.6. The van der Waals surface area contributed by atoms with Crippen molar-refractivity contribution in [2.24, 2.45) is 35.0 Å². The lowest BCUT2D eigenvalue weighted by Crippen LogP contribution is -2.37. The molecule has 0 unspecified atom stereocenters. The van der Waals surface area contributed by atoms with Crippen LogP contribution < -0.4 is 0 Å². The van der Waals surface area contributed by atoms with Crippen molar-refractivity contribution in [3.63, 3.8) is 0 Å². The van der Waals surface area contributed by atoms with E-state index in [9.17, 15) is 5.26 Å². The van der Waals surface area contributed by atoms with Crippen molar-refractivity contribution < 1.29 is 0 Å². The van der Waals surface area contributed by atoms with Gasteiger partial charge in [0.05, 0.1) is 11.5 Å². The molecule has 3 aliphatic carbocycles. The minimum absolute atomic E-state index is 0.0448. The lowest BCUT2D eigenvalue weighted by Gasteiger charge is -2.45. The van der Waals surface area contributed by atoms with Gasteiger partial charge >= 0.3 is 0 Å². The molecule has 0 spiro atoms. The molecule has 0 aromatic rings. The summed E-state index contributed by atoms with van der Waals surface area (Å²) in [5, 5.41) is 10.2. The topological polar surface area (TPSA) is 23.8 Å². The van der Waals surface area contributed by atoms with Gasteiger partial charge in [-0.3, -0.25) is 0 Å². The molecule has 3 rings (SSSR count). The number of nitriles is 1. The molecule has 0 amide bonds. The third-order valence-electron chi connectivity index (χ3n) is 9.76. The van der Waals surface area contributed by atoms with E-state index >= 15 is 0 Å². The Hall–Kier alpha value is -0.510. The molecule has 0 bridgehead atoms. The zero-order valence-corrected chi connectivity index (χ0v) is 20.5. The van der Waals surface area contributed by atoms with Crippen LogP contribution in [0.2, 0.25) is 0 Å². The van der Waals surface area contributed by atoms with Gasteiger partial charge < -0.3 is 0 Å². The van der Waals surface area contributed by atoms with Crippen LogP contribution in [0.1, 0.15) is 142 Å². The molecule has 3 aliphatic rings. The summed E-state index contributed by atoms with van der Waals surface area (Å²) in [6, 6.07) is 2.90. The standard InChI is InChI=1S/C29H51N/c1-3-5-7-9-24-11-13-26(14-12-24)27-15-17-28(18-16-27)29(23-30)21-19-25(20-22-29)10-8-6-4-2/h24-28H,3-22H2,1-2H3. The van der Waals surface area contributed by atoms with Gasteiger partial charge in [0.2, 0.25) is 0 Å². The van der Waals surface area contributed by atoms with E-state index in [1.54, 1.807) is 0 Å². The molecule has 0 heterocycles. The van der Waals surface area contributed by atoms with Gasteiger partial charge in [-0.1, -0.05) is 78.1 Å². The molecule has 3 saturated carbocycles. The first kappa shape index (κ1) is 24.1. The molecule has 0 aromatic heterocycles. The van der Waals surface area contributed by atoms with Crippen LogP contribution in [0.4, 0.5) is 0 Å². The molecule has 0 saturated heterocycles. The largest absolute Gasteiger partial charge is 0.198 e. The summed E-state index contributed by atoms with van der Waals surface area (Å²) in [5.41, 5.74) is 0.0448. The summed E-state index contributed by atoms with van der Waals surface area (Å²) < 4.78 is 0. The molecular weight excluding hydrogens is 362 g/mol. The Bertz CT molecular complexity index is 493. The van der Waals surface area contributed by atoms with E-state index in [1.165, 1.54) is 128 Å². The van der Waals surface area contributed by atoms with Crippen LogP contribution >= 0.6 is 0 Å². The summed E-state index contributed by atoms with van der Waals surface area (Å²) in [6.07, 6.45) is 28.0. The first-order valence-electron chi connectivity index (χ1n) is 14.1. The second-order valence-corrected chi connectivity index (χ2v) is 11.6. The van der Waals surface area contributed by atoms with Crippen LogP contribution in [0.25, 0.3) is 0 Å². The van der Waals surface area contributed by atoms with E-state index in [1.807, 2.05) is 0 Å². The fraction of sp³-hybridized carbons (Fsp3) is 0.966. The zero-order valence-electron chi connectivity index (χ0n) is 20.5. The SMILES string of the molecule is CCCCCC1CCC(C2CCC(C3(C#N)CCC(CCCCC)CC3)CC2)CC1. The first-order valence-corrected chi connectivity index (χ1v) is 14.1. The highest BCUT2D eigenvalue weighted by Crippen LogP contribution is 2.52. The summed E-state index contributed by atoms with van der Waals surface area (Å²) >= 11 is 0. The number of hydrogen-bond acceptors (Lipinski definition) is 1. The van der Waals surface area contributed by atoms with Gasteiger partial charge in [-0.2, -0.15) is 5.26 Å². The predicted molar refractivity (Wildman–Crippen MR) is 129 cm³/mol. The van der Waals surface area contributed by atoms with Crippen molar-refractivity contribution in [3.8, 4) is 6.07 Å². The second-order valence-electron chi connectivity index (χ2n) is 11.6. The fourth-order valence-corrected chi connectivity index (χ4v) is 7.55. The van der Waals surface area contributed by atoms with Crippen molar-refractivity contribution in [2.45, 2.75) is 142 Å². The highest BCUT2D eigenvalue weighted by molar-refractivity contribution is 5.06. The van der Waals surface area contributed by atoms with E-state index < -0.39 is 0 Å². The molecule has 0 N–H and O–H groups in total. The third kappa shape index (κ3) is 6.50. The second kappa shape index (κ2) is 12.5. The molecule has 0 aromatic carbocycles. The van der Waals surface area contributed by atoms with Crippen molar-refractivity contribution >= 4 is 0 Å². The molecule has 0 aliphatic heterocycles. The monoisotopic (exact) mass is 413 g/mol. The Morgan fingerprint density at radius 3 is 1.57 bits per heavy atom. The predicted octanol–water partition coefficient (Wildman–Crippen LogP) is 9.46. The Morgan fingerprint density at radius 1 is 0.633 bits per heavy atom. The number of nitrogens with zero attached hydrogens (tertiary/aromatic N) is 1. The molecule has 1 heteroatoms. The van der Waals surface area contributed by atoms with Gasteiger partial charge in [-0.25, -0.2) is 0 Å². The number of unbranched alkanes of at least 4 members (excludes halogenated alkanes) is 4. The molecule has 3 fully saturated rings. The van der Waals surface area contributed by atoms with Gasteiger partial charge in [0.25, 0.3) is 0 Å². The summed E-state index contributed by atoms with van der Waals surface area (Å²) in [7, 11) is 0. The van der Waals surface area contributed by atoms with Crippen LogP contribution in [0.5, 0.6) is 0 Å². The van der Waals surface area contributed by atoms with Crippen LogP contribution in [0.15, 0.2) is 0 Å². The van der Waals surface area contributed by atoms with Crippen molar-refractivity contribution in [3.05, 3.63) is 0 Å². The quantitative estimate of drug-likeness (QED) is 0.327. The Kier molecular flexibility index (Phi) is 10.1. The summed E-state index contributed by atoms with van der Waals surface area (Å²) in [4.78, 5) is 0. The maximum Gasteiger partial charge on any atom is 0.0692 e. The lowest BCUT2D eigenvalue weighted by molar-refractivity contribution is 0.0646. The smallest absolute Gasteiger partial charge is 0.0692 e. The number of hydrogen-bond donors (Lipinski definition) is 0. The minimum atomic E-state index is 0.0448. The van der Waals surface area contributed by atoms with E-state index in [-0.39, 0.29) is 5.41 Å². The van der Waals surface area contributed by atoms with Gasteiger partial charge in [-0.15, -0.1) is 0 Å². The van der Waals surface area contributed by atoms with Gasteiger partial charge in [0.15, 0.2) is 0 Å². The van der Waals surface area contributed by atoms with Crippen LogP contribution in [0.3, 0.4) is 0 Å². The maximum absolute atomic E-state index is 10.2. The van der Waals surface area contributed by atoms with Gasteiger partial charge in [0.1, 0.15) is 0 Å². The molecule has 30 heavy (non-hydrogen) atoms. The van der Waals surface area contributed by atoms with Gasteiger partial charge in [0, 0.05) is 0 Å². The third-order valence-corrected chi connectivity index (χ3v) is 9.76. The van der Waals surface area contributed by atoms with Crippen molar-refractivity contribution in [1.82, 2.24) is 0 Å². The fourth-order valence-electron chi connectivity index (χ4n) is 7.55. The highest BCUT2D eigenvalue weighted by atomic mass is 14.5. The summed E-state index contributed by atoms with van der Waals surface area (Å²) in [5.74, 6) is 4.67. The average Bonchev–Trinajstić information content (AvgIpc) is 2.81. The molecule has 1 nitrogen and oxygen atoms in total. The zero-order chi connectivity index (χ0) is 21.2. The lowest BCUT2D eigenvalue weighted by atomic mass is 9.58. The first-order chi connectivity index (χ1) is 14.7. The molecular formula is C29H51N. The Labute approximate surface area is 188 Å². The molecule has 172 valence electrons. The minimum Gasteiger partial charge on any atom is -0.198 e. The molecule has 0 radical (unpaired) electrons. The summed E-state index contributed by atoms with van der Waals surface area (Å²) in [6.45, 7) is 4.63. The molecule has 0 atom stereocenters. The number of rotatable bonds is 10.